The summed E-state index contributed by atoms with van der Waals surface area (Å²) in [5.74, 6) is -1.43. The lowest BCUT2D eigenvalue weighted by atomic mass is 10.0. The molecule has 1 aliphatic rings. The molecule has 0 aromatic heterocycles. The number of halogens is 1. The smallest absolute Gasteiger partial charge is 0.333 e. The summed E-state index contributed by atoms with van der Waals surface area (Å²) in [6, 6.07) is 6.05. The first-order valence-corrected chi connectivity index (χ1v) is 7.42. The van der Waals surface area contributed by atoms with Gasteiger partial charge in [0.2, 0.25) is 0 Å². The fourth-order valence-corrected chi connectivity index (χ4v) is 2.41. The molecule has 8 heteroatoms. The molecule has 1 aromatic rings. The van der Waals surface area contributed by atoms with E-state index in [-0.39, 0.29) is 12.2 Å². The summed E-state index contributed by atoms with van der Waals surface area (Å²) in [5.41, 5.74) is 0.279. The zero-order chi connectivity index (χ0) is 15.0. The second kappa shape index (κ2) is 5.38. The molecule has 1 aromatic carbocycles. The molecule has 0 bridgehead atoms. The van der Waals surface area contributed by atoms with E-state index in [1.807, 2.05) is 0 Å². The summed E-state index contributed by atoms with van der Waals surface area (Å²) in [6.07, 6.45) is -1.55. The van der Waals surface area contributed by atoms with E-state index in [4.69, 9.17) is 14.6 Å². The lowest BCUT2D eigenvalue weighted by Gasteiger charge is -2.17. The Morgan fingerprint density at radius 2 is 2.00 bits per heavy atom. The van der Waals surface area contributed by atoms with E-state index in [9.17, 15) is 12.8 Å². The molecule has 0 saturated carbocycles. The quantitative estimate of drug-likeness (QED) is 0.904. The highest BCUT2D eigenvalue weighted by Crippen LogP contribution is 2.39. The van der Waals surface area contributed by atoms with Gasteiger partial charge in [0.05, 0.1) is 6.61 Å². The van der Waals surface area contributed by atoms with Crippen LogP contribution in [0.3, 0.4) is 0 Å². The summed E-state index contributed by atoms with van der Waals surface area (Å²) in [4.78, 5) is 0. The number of nitrogens with two attached hydrogens (primary N) is 1. The maximum atomic E-state index is 13.8. The van der Waals surface area contributed by atoms with Crippen LogP contribution in [0.25, 0.3) is 0 Å². The number of hydrogen-bond acceptors (Lipinski definition) is 5. The van der Waals surface area contributed by atoms with Crippen molar-refractivity contribution >= 4 is 10.3 Å². The van der Waals surface area contributed by atoms with Crippen LogP contribution in [0.15, 0.2) is 24.3 Å². The molecule has 2 atom stereocenters. The van der Waals surface area contributed by atoms with Gasteiger partial charge in [0.25, 0.3) is 0 Å². The van der Waals surface area contributed by atoms with Crippen molar-refractivity contribution in [1.82, 2.24) is 0 Å². The van der Waals surface area contributed by atoms with Crippen molar-refractivity contribution in [2.75, 3.05) is 6.61 Å². The molecular formula is C12H16FNO5S. The van der Waals surface area contributed by atoms with Gasteiger partial charge in [-0.05, 0) is 19.9 Å². The van der Waals surface area contributed by atoms with Crippen LogP contribution in [0, 0.1) is 5.82 Å². The van der Waals surface area contributed by atoms with Crippen LogP contribution in [0.4, 0.5) is 4.39 Å². The van der Waals surface area contributed by atoms with Crippen LogP contribution in [0.5, 0.6) is 0 Å². The summed E-state index contributed by atoms with van der Waals surface area (Å²) in [5, 5.41) is 4.77. The first kappa shape index (κ1) is 15.3. The molecule has 1 heterocycles. The van der Waals surface area contributed by atoms with Crippen LogP contribution in [-0.4, -0.2) is 26.9 Å². The highest BCUT2D eigenvalue weighted by molar-refractivity contribution is 7.84. The molecule has 0 radical (unpaired) electrons. The van der Waals surface area contributed by atoms with Crippen molar-refractivity contribution in [3.8, 4) is 0 Å². The minimum atomic E-state index is -4.09. The molecular weight excluding hydrogens is 289 g/mol. The predicted octanol–water partition coefficient (Wildman–Crippen LogP) is 1.24. The highest BCUT2D eigenvalue weighted by Gasteiger charge is 2.43. The van der Waals surface area contributed by atoms with E-state index in [0.717, 1.165) is 0 Å². The maximum absolute atomic E-state index is 13.8. The largest absolute Gasteiger partial charge is 0.342 e. The Labute approximate surface area is 116 Å². The van der Waals surface area contributed by atoms with Crippen LogP contribution >= 0.6 is 0 Å². The fraction of sp³-hybridized carbons (Fsp3) is 0.500. The van der Waals surface area contributed by atoms with Gasteiger partial charge in [-0.3, -0.25) is 4.18 Å². The number of rotatable bonds is 4. The SMILES string of the molecule is CC1(C)OC(COS(N)(=O)=O)C(c2ccccc2F)O1. The standard InChI is InChI=1S/C12H16FNO5S/c1-12(2)18-10(7-17-20(14,15)16)11(19-12)8-5-3-4-6-9(8)13/h3-6,10-11H,7H2,1-2H3,(H2,14,15,16). The lowest BCUT2D eigenvalue weighted by molar-refractivity contribution is -0.149. The summed E-state index contributed by atoms with van der Waals surface area (Å²) < 4.78 is 51.2. The second-order valence-corrected chi connectivity index (χ2v) is 6.11. The van der Waals surface area contributed by atoms with Gasteiger partial charge in [0.15, 0.2) is 5.79 Å². The average Bonchev–Trinajstić information content (AvgIpc) is 2.62. The molecule has 1 saturated heterocycles. The number of hydrogen-bond donors (Lipinski definition) is 1. The maximum Gasteiger partial charge on any atom is 0.333 e. The lowest BCUT2D eigenvalue weighted by Crippen LogP contribution is -2.28. The van der Waals surface area contributed by atoms with E-state index >= 15 is 0 Å². The molecule has 6 nitrogen and oxygen atoms in total. The van der Waals surface area contributed by atoms with E-state index in [1.165, 1.54) is 6.07 Å². The van der Waals surface area contributed by atoms with Gasteiger partial charge in [0, 0.05) is 5.56 Å². The molecule has 2 N–H and O–H groups in total. The fourth-order valence-electron chi connectivity index (χ4n) is 2.09. The summed E-state index contributed by atoms with van der Waals surface area (Å²) in [7, 11) is -4.09. The van der Waals surface area contributed by atoms with Crippen molar-refractivity contribution in [2.24, 2.45) is 5.14 Å². The van der Waals surface area contributed by atoms with Gasteiger partial charge >= 0.3 is 10.3 Å². The molecule has 2 rings (SSSR count). The highest BCUT2D eigenvalue weighted by atomic mass is 32.2. The molecule has 20 heavy (non-hydrogen) atoms. The van der Waals surface area contributed by atoms with Gasteiger partial charge in [-0.1, -0.05) is 18.2 Å². The average molecular weight is 305 g/mol. The minimum Gasteiger partial charge on any atom is -0.342 e. The zero-order valence-corrected chi connectivity index (χ0v) is 11.9. The summed E-state index contributed by atoms with van der Waals surface area (Å²) in [6.45, 7) is 2.96. The van der Waals surface area contributed by atoms with Crippen LogP contribution in [-0.2, 0) is 24.0 Å². The van der Waals surface area contributed by atoms with Crippen molar-refractivity contribution in [2.45, 2.75) is 31.8 Å². The Bertz CT molecular complexity index is 589. The van der Waals surface area contributed by atoms with Gasteiger partial charge in [-0.2, -0.15) is 8.42 Å². The van der Waals surface area contributed by atoms with E-state index < -0.39 is 34.1 Å². The first-order chi connectivity index (χ1) is 9.18. The van der Waals surface area contributed by atoms with E-state index in [1.54, 1.807) is 32.0 Å². The normalized spacial score (nSPS) is 25.8. The van der Waals surface area contributed by atoms with Crippen molar-refractivity contribution in [3.05, 3.63) is 35.6 Å². The van der Waals surface area contributed by atoms with Crippen molar-refractivity contribution in [3.63, 3.8) is 0 Å². The molecule has 1 fully saturated rings. The third-order valence-corrected chi connectivity index (χ3v) is 3.26. The Kier molecular flexibility index (Phi) is 4.12. The Balaban J connectivity index is 2.23. The van der Waals surface area contributed by atoms with Crippen LogP contribution in [0.2, 0.25) is 0 Å². The second-order valence-electron chi connectivity index (χ2n) is 4.89. The molecule has 0 amide bonds. The van der Waals surface area contributed by atoms with Gasteiger partial charge in [-0.25, -0.2) is 9.53 Å². The number of ether oxygens (including phenoxy) is 2. The molecule has 0 spiro atoms. The third kappa shape index (κ3) is 3.74. The summed E-state index contributed by atoms with van der Waals surface area (Å²) >= 11 is 0. The molecule has 0 aliphatic carbocycles. The monoisotopic (exact) mass is 305 g/mol. The Morgan fingerprint density at radius 1 is 1.35 bits per heavy atom. The van der Waals surface area contributed by atoms with Gasteiger partial charge in [-0.15, -0.1) is 0 Å². The Morgan fingerprint density at radius 3 is 2.60 bits per heavy atom. The zero-order valence-electron chi connectivity index (χ0n) is 11.1. The van der Waals surface area contributed by atoms with Crippen molar-refractivity contribution in [1.29, 1.82) is 0 Å². The van der Waals surface area contributed by atoms with Crippen molar-refractivity contribution < 1.29 is 26.5 Å². The molecule has 1 aliphatic heterocycles. The van der Waals surface area contributed by atoms with Crippen LogP contribution in [0.1, 0.15) is 25.5 Å². The minimum absolute atomic E-state index is 0.279. The molecule has 2 unspecified atom stereocenters. The first-order valence-electron chi connectivity index (χ1n) is 5.95. The van der Waals surface area contributed by atoms with Crippen LogP contribution < -0.4 is 5.14 Å². The number of benzene rings is 1. The van der Waals surface area contributed by atoms with E-state index in [0.29, 0.717) is 0 Å². The third-order valence-electron chi connectivity index (χ3n) is 2.79. The van der Waals surface area contributed by atoms with E-state index in [2.05, 4.69) is 4.18 Å². The Hall–Kier alpha value is -1.06. The molecule has 112 valence electrons. The predicted molar refractivity (Wildman–Crippen MR) is 68.2 cm³/mol. The topological polar surface area (TPSA) is 87.9 Å². The van der Waals surface area contributed by atoms with Gasteiger partial charge < -0.3 is 9.47 Å². The van der Waals surface area contributed by atoms with Gasteiger partial charge in [0.1, 0.15) is 18.0 Å².